The molecule has 6 nitrogen and oxygen atoms in total. The first-order valence-electron chi connectivity index (χ1n) is 7.13. The van der Waals surface area contributed by atoms with Gasteiger partial charge in [-0.1, -0.05) is 17.7 Å². The van der Waals surface area contributed by atoms with Crippen LogP contribution in [0.3, 0.4) is 0 Å². The van der Waals surface area contributed by atoms with E-state index in [1.807, 2.05) is 0 Å². The summed E-state index contributed by atoms with van der Waals surface area (Å²) in [5.41, 5.74) is 1.56. The highest BCUT2D eigenvalue weighted by Crippen LogP contribution is 2.67. The molecule has 2 fully saturated rings. The van der Waals surface area contributed by atoms with E-state index in [0.717, 1.165) is 6.07 Å². The van der Waals surface area contributed by atoms with E-state index in [1.165, 1.54) is 12.1 Å². The average molecular weight is 362 g/mol. The van der Waals surface area contributed by atoms with Crippen LogP contribution in [0.15, 0.2) is 18.2 Å². The number of nitrogens with two attached hydrogens (primary N) is 1. The minimum absolute atomic E-state index is 0.108. The van der Waals surface area contributed by atoms with Crippen LogP contribution in [0, 0.1) is 17.7 Å². The molecular formula is C15H14ClF2NO5. The lowest BCUT2D eigenvalue weighted by molar-refractivity contribution is -0.156. The average Bonchev–Trinajstić information content (AvgIpc) is 2.98. The smallest absolute Gasteiger partial charge is 0.342 e. The molecule has 4 N–H and O–H groups in total. The van der Waals surface area contributed by atoms with Crippen LogP contribution in [0.1, 0.15) is 12.0 Å². The summed E-state index contributed by atoms with van der Waals surface area (Å²) in [6.45, 7) is -0.108. The Bertz CT molecular complexity index is 732. The second-order valence-electron chi connectivity index (χ2n) is 6.18. The van der Waals surface area contributed by atoms with E-state index >= 15 is 0 Å². The molecule has 1 aromatic carbocycles. The molecule has 1 aromatic rings. The van der Waals surface area contributed by atoms with Crippen LogP contribution >= 0.6 is 11.6 Å². The van der Waals surface area contributed by atoms with Crippen molar-refractivity contribution < 1.29 is 33.3 Å². The Morgan fingerprint density at radius 3 is 2.58 bits per heavy atom. The number of carboxylic acids is 2. The van der Waals surface area contributed by atoms with E-state index in [-0.39, 0.29) is 18.1 Å². The number of fused-ring (bicyclic) bond motifs is 1. The number of aliphatic carboxylic acids is 2. The fraction of sp³-hybridized carbons (Fsp3) is 0.467. The molecule has 0 radical (unpaired) electrons. The molecule has 0 bridgehead atoms. The first-order chi connectivity index (χ1) is 11.1. The van der Waals surface area contributed by atoms with Gasteiger partial charge in [-0.15, -0.1) is 0 Å². The zero-order chi connectivity index (χ0) is 17.9. The summed E-state index contributed by atoms with van der Waals surface area (Å²) in [7, 11) is 0. The fourth-order valence-electron chi connectivity index (χ4n) is 3.63. The zero-order valence-electron chi connectivity index (χ0n) is 12.2. The Balaban J connectivity index is 1.76. The third-order valence-electron chi connectivity index (χ3n) is 4.93. The van der Waals surface area contributed by atoms with Gasteiger partial charge in [-0.25, -0.2) is 13.6 Å². The van der Waals surface area contributed by atoms with Gasteiger partial charge in [0.25, 0.3) is 0 Å². The molecule has 0 aliphatic heterocycles. The molecule has 0 aromatic heterocycles. The van der Waals surface area contributed by atoms with Gasteiger partial charge in [-0.2, -0.15) is 0 Å². The van der Waals surface area contributed by atoms with Crippen molar-refractivity contribution in [2.24, 2.45) is 17.6 Å². The lowest BCUT2D eigenvalue weighted by Gasteiger charge is -2.31. The lowest BCUT2D eigenvalue weighted by Crippen LogP contribution is -2.60. The summed E-state index contributed by atoms with van der Waals surface area (Å²) in [6.07, 6.45) is -1.18. The largest absolute Gasteiger partial charge is 0.480 e. The van der Waals surface area contributed by atoms with Gasteiger partial charge in [0.15, 0.2) is 0 Å². The van der Waals surface area contributed by atoms with Gasteiger partial charge in [-0.05, 0) is 24.1 Å². The summed E-state index contributed by atoms with van der Waals surface area (Å²) in [6, 6.07) is 3.87. The Labute approximate surface area is 140 Å². The van der Waals surface area contributed by atoms with Crippen molar-refractivity contribution in [2.75, 3.05) is 0 Å². The number of rotatable bonds is 5. The van der Waals surface area contributed by atoms with Crippen LogP contribution in [-0.2, 0) is 20.9 Å². The minimum atomic E-state index is -2.63. The maximum absolute atomic E-state index is 14.4. The Morgan fingerprint density at radius 2 is 2.04 bits per heavy atom. The highest BCUT2D eigenvalue weighted by atomic mass is 35.5. The second-order valence-corrected chi connectivity index (χ2v) is 6.59. The molecule has 2 aliphatic rings. The van der Waals surface area contributed by atoms with Gasteiger partial charge in [-0.3, -0.25) is 4.79 Å². The molecule has 0 saturated heterocycles. The number of halogens is 3. The highest BCUT2D eigenvalue weighted by Gasteiger charge is 2.85. The molecule has 24 heavy (non-hydrogen) atoms. The molecule has 5 atom stereocenters. The van der Waals surface area contributed by atoms with Crippen molar-refractivity contribution in [2.45, 2.75) is 30.3 Å². The summed E-state index contributed by atoms with van der Waals surface area (Å²) >= 11 is 5.65. The van der Waals surface area contributed by atoms with Crippen LogP contribution in [0.25, 0.3) is 0 Å². The summed E-state index contributed by atoms with van der Waals surface area (Å²) in [4.78, 5) is 22.6. The molecule has 9 heteroatoms. The van der Waals surface area contributed by atoms with Gasteiger partial charge < -0.3 is 20.7 Å². The molecule has 3 rings (SSSR count). The maximum atomic E-state index is 14.4. The predicted octanol–water partition coefficient (Wildman–Crippen LogP) is 1.59. The number of hydrogen-bond donors (Lipinski definition) is 3. The first-order valence-corrected chi connectivity index (χ1v) is 7.51. The number of alkyl halides is 1. The third kappa shape index (κ3) is 2.21. The molecule has 2 saturated carbocycles. The summed E-state index contributed by atoms with van der Waals surface area (Å²) in [5.74, 6) is -6.18. The Kier molecular flexibility index (Phi) is 3.82. The lowest BCUT2D eigenvalue weighted by atomic mass is 9.88. The van der Waals surface area contributed by atoms with Crippen molar-refractivity contribution in [3.8, 4) is 0 Å². The number of ether oxygens (including phenoxy) is 1. The van der Waals surface area contributed by atoms with Crippen LogP contribution in [-0.4, -0.2) is 39.5 Å². The zero-order valence-corrected chi connectivity index (χ0v) is 13.0. The summed E-state index contributed by atoms with van der Waals surface area (Å²) < 4.78 is 33.0. The molecular weight excluding hydrogens is 348 g/mol. The minimum Gasteiger partial charge on any atom is -0.480 e. The van der Waals surface area contributed by atoms with Crippen LogP contribution in [0.5, 0.6) is 0 Å². The van der Waals surface area contributed by atoms with E-state index in [4.69, 9.17) is 27.2 Å². The fourth-order valence-corrected chi connectivity index (χ4v) is 3.84. The molecule has 0 unspecified atom stereocenters. The van der Waals surface area contributed by atoms with Gasteiger partial charge in [0.1, 0.15) is 11.4 Å². The summed E-state index contributed by atoms with van der Waals surface area (Å²) in [5, 5.41) is 18.3. The van der Waals surface area contributed by atoms with E-state index in [1.54, 1.807) is 0 Å². The van der Waals surface area contributed by atoms with Crippen LogP contribution < -0.4 is 5.73 Å². The number of benzene rings is 1. The SMILES string of the molecule is N[C@]1(C(=O)O)[C@H]2[C@@H](C[C@H]1OCc1ccc(F)c(Cl)c1)[C@]2(F)C(=O)O. The molecule has 2 aliphatic carbocycles. The highest BCUT2D eigenvalue weighted by molar-refractivity contribution is 6.30. The van der Waals surface area contributed by atoms with Crippen molar-refractivity contribution in [1.82, 2.24) is 0 Å². The van der Waals surface area contributed by atoms with Gasteiger partial charge in [0.2, 0.25) is 5.67 Å². The number of hydrogen-bond acceptors (Lipinski definition) is 4. The molecule has 130 valence electrons. The normalized spacial score (nSPS) is 37.1. The van der Waals surface area contributed by atoms with E-state index in [2.05, 4.69) is 0 Å². The van der Waals surface area contributed by atoms with E-state index in [0.29, 0.717) is 5.56 Å². The quantitative estimate of drug-likeness (QED) is 0.734. The topological polar surface area (TPSA) is 110 Å². The monoisotopic (exact) mass is 361 g/mol. The van der Waals surface area contributed by atoms with Crippen molar-refractivity contribution in [1.29, 1.82) is 0 Å². The predicted molar refractivity (Wildman–Crippen MR) is 77.6 cm³/mol. The van der Waals surface area contributed by atoms with Crippen molar-refractivity contribution in [3.63, 3.8) is 0 Å². The molecule has 0 heterocycles. The van der Waals surface area contributed by atoms with Gasteiger partial charge >= 0.3 is 11.9 Å². The standard InChI is InChI=1S/C15H14ClF2NO5/c16-8-3-6(1-2-9(8)17)5-24-10-4-7-11(14(7,18)12(20)21)15(10,19)13(22)23/h1-3,7,10-11H,4-5,19H2,(H,20,21)(H,22,23)/t7-,10-,11+,14-,15+/m1/s1. The third-order valence-corrected chi connectivity index (χ3v) is 5.22. The van der Waals surface area contributed by atoms with Crippen LogP contribution in [0.4, 0.5) is 8.78 Å². The number of carbonyl (C=O) groups is 2. The molecule has 0 amide bonds. The molecule has 0 spiro atoms. The first kappa shape index (κ1) is 17.1. The van der Waals surface area contributed by atoms with Crippen molar-refractivity contribution in [3.05, 3.63) is 34.6 Å². The van der Waals surface area contributed by atoms with E-state index in [9.17, 15) is 23.5 Å². The van der Waals surface area contributed by atoms with E-state index < -0.39 is 46.9 Å². The maximum Gasteiger partial charge on any atom is 0.342 e. The van der Waals surface area contributed by atoms with Gasteiger partial charge in [0, 0.05) is 11.8 Å². The van der Waals surface area contributed by atoms with Crippen molar-refractivity contribution >= 4 is 23.5 Å². The Hall–Kier alpha value is -1.77. The number of carboxylic acid groups (broad SMARTS) is 2. The second kappa shape index (κ2) is 5.37. The Morgan fingerprint density at radius 1 is 1.38 bits per heavy atom. The van der Waals surface area contributed by atoms with Gasteiger partial charge in [0.05, 0.1) is 17.7 Å². The van der Waals surface area contributed by atoms with Crippen LogP contribution in [0.2, 0.25) is 5.02 Å².